The van der Waals surface area contributed by atoms with E-state index in [-0.39, 0.29) is 6.10 Å². The lowest BCUT2D eigenvalue weighted by Crippen LogP contribution is -2.34. The van der Waals surface area contributed by atoms with E-state index in [4.69, 9.17) is 14.2 Å². The zero-order chi connectivity index (χ0) is 22.5. The Morgan fingerprint density at radius 1 is 0.909 bits per heavy atom. The van der Waals surface area contributed by atoms with Gasteiger partial charge in [0.2, 0.25) is 6.79 Å². The molecule has 1 atom stereocenters. The predicted octanol–water partition coefficient (Wildman–Crippen LogP) is 5.71. The third-order valence-corrected chi connectivity index (χ3v) is 8.52. The Bertz CT molecular complexity index is 774. The first-order valence-electron chi connectivity index (χ1n) is 13.5. The van der Waals surface area contributed by atoms with Crippen molar-refractivity contribution in [2.24, 2.45) is 11.8 Å². The molecule has 0 N–H and O–H groups in total. The van der Waals surface area contributed by atoms with Gasteiger partial charge >= 0.3 is 0 Å². The number of rotatable bonds is 8. The summed E-state index contributed by atoms with van der Waals surface area (Å²) >= 11 is 0. The van der Waals surface area contributed by atoms with E-state index in [2.05, 4.69) is 17.0 Å². The van der Waals surface area contributed by atoms with Gasteiger partial charge in [0.15, 0.2) is 11.5 Å². The molecule has 5 nitrogen and oxygen atoms in total. The van der Waals surface area contributed by atoms with Crippen LogP contribution in [0.5, 0.6) is 11.5 Å². The van der Waals surface area contributed by atoms with Gasteiger partial charge in [-0.05, 0) is 94.8 Å². The summed E-state index contributed by atoms with van der Waals surface area (Å²) in [7, 11) is 0. The fourth-order valence-electron chi connectivity index (χ4n) is 6.46. The SMILES string of the molecule is O=C(CC1CCC(CCN2CCC(c3cccc4c3OCO4)CC2)CC1)CC1CCCCO1. The van der Waals surface area contributed by atoms with Gasteiger partial charge in [-0.15, -0.1) is 0 Å². The average molecular weight is 456 g/mol. The van der Waals surface area contributed by atoms with Gasteiger partial charge in [0.05, 0.1) is 6.10 Å². The van der Waals surface area contributed by atoms with E-state index >= 15 is 0 Å². The normalized spacial score (nSPS) is 28.7. The Labute approximate surface area is 199 Å². The molecule has 2 saturated heterocycles. The molecule has 0 amide bonds. The van der Waals surface area contributed by atoms with Gasteiger partial charge in [0.25, 0.3) is 0 Å². The highest BCUT2D eigenvalue weighted by atomic mass is 16.7. The second-order valence-electron chi connectivity index (χ2n) is 10.8. The van der Waals surface area contributed by atoms with Gasteiger partial charge < -0.3 is 19.1 Å². The van der Waals surface area contributed by atoms with Crippen molar-refractivity contribution >= 4 is 5.78 Å². The van der Waals surface area contributed by atoms with Crippen molar-refractivity contribution in [2.75, 3.05) is 33.0 Å². The first-order valence-corrected chi connectivity index (χ1v) is 13.5. The Morgan fingerprint density at radius 2 is 1.73 bits per heavy atom. The maximum atomic E-state index is 12.5. The van der Waals surface area contributed by atoms with E-state index < -0.39 is 0 Å². The van der Waals surface area contributed by atoms with Gasteiger partial charge in [0, 0.05) is 25.0 Å². The van der Waals surface area contributed by atoms with Gasteiger partial charge in [-0.2, -0.15) is 0 Å². The zero-order valence-corrected chi connectivity index (χ0v) is 20.1. The summed E-state index contributed by atoms with van der Waals surface area (Å²) in [6.07, 6.45) is 13.9. The average Bonchev–Trinajstić information content (AvgIpc) is 3.34. The number of para-hydroxylation sites is 1. The number of piperidine rings is 1. The van der Waals surface area contributed by atoms with Gasteiger partial charge in [0.1, 0.15) is 5.78 Å². The Hall–Kier alpha value is -1.59. The lowest BCUT2D eigenvalue weighted by Gasteiger charge is -2.34. The van der Waals surface area contributed by atoms with Crippen LogP contribution in [-0.2, 0) is 9.53 Å². The van der Waals surface area contributed by atoms with Crippen molar-refractivity contribution in [3.8, 4) is 11.5 Å². The van der Waals surface area contributed by atoms with Gasteiger partial charge in [-0.25, -0.2) is 0 Å². The van der Waals surface area contributed by atoms with Crippen LogP contribution in [0.4, 0.5) is 0 Å². The smallest absolute Gasteiger partial charge is 0.231 e. The van der Waals surface area contributed by atoms with Crippen molar-refractivity contribution in [1.82, 2.24) is 4.90 Å². The summed E-state index contributed by atoms with van der Waals surface area (Å²) < 4.78 is 17.1. The first kappa shape index (κ1) is 23.2. The number of ether oxygens (including phenoxy) is 3. The fourth-order valence-corrected chi connectivity index (χ4v) is 6.46. The Morgan fingerprint density at radius 3 is 2.52 bits per heavy atom. The maximum Gasteiger partial charge on any atom is 0.231 e. The van der Waals surface area contributed by atoms with Crippen LogP contribution in [0.2, 0.25) is 0 Å². The molecule has 0 aromatic heterocycles. The molecule has 182 valence electrons. The second kappa shape index (κ2) is 11.2. The van der Waals surface area contributed by atoms with Gasteiger partial charge in [-0.3, -0.25) is 4.79 Å². The number of ketones is 1. The minimum atomic E-state index is 0.204. The lowest BCUT2D eigenvalue weighted by atomic mass is 9.78. The molecule has 3 aliphatic heterocycles. The van der Waals surface area contributed by atoms with E-state index in [1.807, 2.05) is 6.07 Å². The predicted molar refractivity (Wildman–Crippen MR) is 129 cm³/mol. The highest BCUT2D eigenvalue weighted by Crippen LogP contribution is 2.42. The minimum absolute atomic E-state index is 0.204. The summed E-state index contributed by atoms with van der Waals surface area (Å²) in [5.74, 6) is 4.39. The zero-order valence-electron chi connectivity index (χ0n) is 20.1. The Kier molecular flexibility index (Phi) is 7.88. The minimum Gasteiger partial charge on any atom is -0.454 e. The Balaban J connectivity index is 0.980. The van der Waals surface area contributed by atoms with Crippen LogP contribution in [0.1, 0.15) is 88.5 Å². The topological polar surface area (TPSA) is 48.0 Å². The number of carbonyl (C=O) groups is 1. The quantitative estimate of drug-likeness (QED) is 0.502. The molecule has 1 aliphatic carbocycles. The number of Topliss-reactive ketones (excluding diaryl/α,β-unsaturated/α-hetero) is 1. The monoisotopic (exact) mass is 455 g/mol. The van der Waals surface area contributed by atoms with Crippen molar-refractivity contribution in [2.45, 2.75) is 89.1 Å². The lowest BCUT2D eigenvalue weighted by molar-refractivity contribution is -0.124. The molecule has 33 heavy (non-hydrogen) atoms. The fraction of sp³-hybridized carbons (Fsp3) is 0.750. The van der Waals surface area contributed by atoms with Crippen LogP contribution >= 0.6 is 0 Å². The molecule has 1 saturated carbocycles. The maximum absolute atomic E-state index is 12.5. The van der Waals surface area contributed by atoms with Crippen molar-refractivity contribution in [3.05, 3.63) is 23.8 Å². The van der Waals surface area contributed by atoms with Crippen LogP contribution in [0.15, 0.2) is 18.2 Å². The molecule has 5 rings (SSSR count). The molecule has 1 unspecified atom stereocenters. The number of hydrogen-bond acceptors (Lipinski definition) is 5. The van der Waals surface area contributed by atoms with E-state index in [0.29, 0.717) is 30.8 Å². The molecule has 4 aliphatic rings. The largest absolute Gasteiger partial charge is 0.454 e. The van der Waals surface area contributed by atoms with Crippen LogP contribution in [-0.4, -0.2) is 49.8 Å². The summed E-state index contributed by atoms with van der Waals surface area (Å²) in [6.45, 7) is 4.80. The summed E-state index contributed by atoms with van der Waals surface area (Å²) in [5, 5.41) is 0. The summed E-state index contributed by atoms with van der Waals surface area (Å²) in [4.78, 5) is 15.1. The van der Waals surface area contributed by atoms with Gasteiger partial charge in [-0.1, -0.05) is 25.0 Å². The van der Waals surface area contributed by atoms with E-state index in [1.165, 1.54) is 76.6 Å². The summed E-state index contributed by atoms with van der Waals surface area (Å²) in [5.41, 5.74) is 1.34. The number of nitrogens with zero attached hydrogens (tertiary/aromatic N) is 1. The second-order valence-corrected chi connectivity index (χ2v) is 10.8. The molecule has 1 aromatic rings. The third-order valence-electron chi connectivity index (χ3n) is 8.52. The van der Waals surface area contributed by atoms with Crippen LogP contribution < -0.4 is 9.47 Å². The standard InChI is InChI=1S/C28H41NO4/c30-24(19-25-4-1-2-17-31-25)18-22-9-7-21(8-10-22)11-14-29-15-12-23(13-16-29)26-5-3-6-27-28(26)33-20-32-27/h3,5-6,21-23,25H,1-2,4,7-20H2. The van der Waals surface area contributed by atoms with Crippen LogP contribution in [0, 0.1) is 11.8 Å². The van der Waals surface area contributed by atoms with Crippen LogP contribution in [0.25, 0.3) is 0 Å². The highest BCUT2D eigenvalue weighted by molar-refractivity contribution is 5.79. The third kappa shape index (κ3) is 6.10. The molecule has 0 radical (unpaired) electrons. The molecule has 1 aromatic carbocycles. The van der Waals surface area contributed by atoms with Crippen molar-refractivity contribution in [3.63, 3.8) is 0 Å². The number of likely N-dealkylation sites (tertiary alicyclic amines) is 1. The van der Waals surface area contributed by atoms with Crippen molar-refractivity contribution in [1.29, 1.82) is 0 Å². The highest BCUT2D eigenvalue weighted by Gasteiger charge is 2.28. The number of carbonyl (C=O) groups excluding carboxylic acids is 1. The molecule has 0 spiro atoms. The molecular weight excluding hydrogens is 414 g/mol. The number of hydrogen-bond donors (Lipinski definition) is 0. The number of benzene rings is 1. The molecule has 5 heteroatoms. The van der Waals surface area contributed by atoms with E-state index in [1.54, 1.807) is 0 Å². The molecule has 3 heterocycles. The van der Waals surface area contributed by atoms with Crippen molar-refractivity contribution < 1.29 is 19.0 Å². The van der Waals surface area contributed by atoms with E-state index in [9.17, 15) is 4.79 Å². The first-order chi connectivity index (χ1) is 16.2. The van der Waals surface area contributed by atoms with E-state index in [0.717, 1.165) is 43.3 Å². The molecular formula is C28H41NO4. The molecule has 3 fully saturated rings. The molecule has 0 bridgehead atoms. The van der Waals surface area contributed by atoms with Crippen LogP contribution in [0.3, 0.4) is 0 Å². The summed E-state index contributed by atoms with van der Waals surface area (Å²) in [6, 6.07) is 6.33. The number of fused-ring (bicyclic) bond motifs is 1.